The molecule has 1 unspecified atom stereocenters. The first-order valence-electron chi connectivity index (χ1n) is 7.03. The molecule has 20 heavy (non-hydrogen) atoms. The number of rotatable bonds is 7. The van der Waals surface area contributed by atoms with Crippen molar-refractivity contribution in [3.63, 3.8) is 0 Å². The minimum Gasteiger partial charge on any atom is -0.435 e. The molecule has 0 aliphatic heterocycles. The standard InChI is InChI=1S/C16H25F2NO/c1-12(19-11-16(2,3)4)5-6-13-7-9-14(10-8-13)20-15(17)18/h7-10,12,15,19H,5-6,11H2,1-4H3. The van der Waals surface area contributed by atoms with Crippen molar-refractivity contribution in [3.8, 4) is 5.75 Å². The molecule has 0 aliphatic rings. The van der Waals surface area contributed by atoms with E-state index in [0.717, 1.165) is 24.9 Å². The van der Waals surface area contributed by atoms with Crippen LogP contribution in [0.5, 0.6) is 5.75 Å². The minimum atomic E-state index is -2.76. The SMILES string of the molecule is CC(CCc1ccc(OC(F)F)cc1)NCC(C)(C)C. The fourth-order valence-corrected chi connectivity index (χ4v) is 1.80. The fraction of sp³-hybridized carbons (Fsp3) is 0.625. The number of ether oxygens (including phenoxy) is 1. The topological polar surface area (TPSA) is 21.3 Å². The molecule has 1 rings (SSSR count). The van der Waals surface area contributed by atoms with Gasteiger partial charge in [-0.25, -0.2) is 0 Å². The molecule has 2 nitrogen and oxygen atoms in total. The number of halogens is 2. The van der Waals surface area contributed by atoms with Crippen molar-refractivity contribution >= 4 is 0 Å². The van der Waals surface area contributed by atoms with Crippen LogP contribution in [0.4, 0.5) is 8.78 Å². The summed E-state index contributed by atoms with van der Waals surface area (Å²) in [5.41, 5.74) is 1.42. The van der Waals surface area contributed by atoms with Crippen molar-refractivity contribution in [3.05, 3.63) is 29.8 Å². The summed E-state index contributed by atoms with van der Waals surface area (Å²) in [7, 11) is 0. The number of benzene rings is 1. The summed E-state index contributed by atoms with van der Waals surface area (Å²) < 4.78 is 28.4. The summed E-state index contributed by atoms with van der Waals surface area (Å²) in [4.78, 5) is 0. The molecule has 1 aromatic carbocycles. The van der Waals surface area contributed by atoms with Crippen molar-refractivity contribution in [1.82, 2.24) is 5.32 Å². The Labute approximate surface area is 120 Å². The Kier molecular flexibility index (Phi) is 6.40. The Morgan fingerprint density at radius 3 is 2.25 bits per heavy atom. The first kappa shape index (κ1) is 16.9. The Morgan fingerprint density at radius 1 is 1.15 bits per heavy atom. The van der Waals surface area contributed by atoms with E-state index in [2.05, 4.69) is 37.7 Å². The zero-order valence-corrected chi connectivity index (χ0v) is 12.7. The second-order valence-electron chi connectivity index (χ2n) is 6.40. The first-order chi connectivity index (χ1) is 9.26. The van der Waals surface area contributed by atoms with Crippen LogP contribution in [-0.4, -0.2) is 19.2 Å². The Balaban J connectivity index is 2.34. The van der Waals surface area contributed by atoms with Gasteiger partial charge in [-0.2, -0.15) is 8.78 Å². The molecule has 0 spiro atoms. The van der Waals surface area contributed by atoms with Crippen LogP contribution >= 0.6 is 0 Å². The molecule has 0 bridgehead atoms. The summed E-state index contributed by atoms with van der Waals surface area (Å²) in [6, 6.07) is 7.30. The van der Waals surface area contributed by atoms with Gasteiger partial charge in [0.15, 0.2) is 0 Å². The lowest BCUT2D eigenvalue weighted by Gasteiger charge is -2.22. The van der Waals surface area contributed by atoms with Crippen LogP contribution in [0, 0.1) is 5.41 Å². The molecular weight excluding hydrogens is 260 g/mol. The van der Waals surface area contributed by atoms with E-state index < -0.39 is 6.61 Å². The molecule has 1 N–H and O–H groups in total. The van der Waals surface area contributed by atoms with Gasteiger partial charge in [-0.15, -0.1) is 0 Å². The Bertz CT molecular complexity index is 384. The normalized spacial score (nSPS) is 13.6. The molecule has 0 radical (unpaired) electrons. The van der Waals surface area contributed by atoms with Crippen LogP contribution in [0.1, 0.15) is 39.7 Å². The highest BCUT2D eigenvalue weighted by molar-refractivity contribution is 5.27. The van der Waals surface area contributed by atoms with Crippen molar-refractivity contribution < 1.29 is 13.5 Å². The van der Waals surface area contributed by atoms with Crippen molar-refractivity contribution in [2.75, 3.05) is 6.54 Å². The molecule has 4 heteroatoms. The summed E-state index contributed by atoms with van der Waals surface area (Å²) in [6.07, 6.45) is 1.94. The van der Waals surface area contributed by atoms with E-state index >= 15 is 0 Å². The van der Waals surface area contributed by atoms with Crippen LogP contribution < -0.4 is 10.1 Å². The van der Waals surface area contributed by atoms with Crippen molar-refractivity contribution in [2.45, 2.75) is 53.2 Å². The van der Waals surface area contributed by atoms with Crippen molar-refractivity contribution in [1.29, 1.82) is 0 Å². The second-order valence-corrected chi connectivity index (χ2v) is 6.40. The van der Waals surface area contributed by atoms with Gasteiger partial charge in [-0.1, -0.05) is 32.9 Å². The largest absolute Gasteiger partial charge is 0.435 e. The first-order valence-corrected chi connectivity index (χ1v) is 7.03. The zero-order valence-electron chi connectivity index (χ0n) is 12.7. The van der Waals surface area contributed by atoms with E-state index in [9.17, 15) is 8.78 Å². The van der Waals surface area contributed by atoms with Gasteiger partial charge < -0.3 is 10.1 Å². The van der Waals surface area contributed by atoms with Crippen LogP contribution in [0.15, 0.2) is 24.3 Å². The molecule has 0 heterocycles. The summed E-state index contributed by atoms with van der Waals surface area (Å²) in [6.45, 7) is 7.00. The number of hydrogen-bond acceptors (Lipinski definition) is 2. The van der Waals surface area contributed by atoms with Gasteiger partial charge in [0.1, 0.15) is 5.75 Å². The highest BCUT2D eigenvalue weighted by Crippen LogP contribution is 2.16. The smallest absolute Gasteiger partial charge is 0.387 e. The molecule has 114 valence electrons. The lowest BCUT2D eigenvalue weighted by molar-refractivity contribution is -0.0498. The van der Waals surface area contributed by atoms with Crippen LogP contribution in [0.3, 0.4) is 0 Å². The number of hydrogen-bond donors (Lipinski definition) is 1. The van der Waals surface area contributed by atoms with Crippen LogP contribution in [0.2, 0.25) is 0 Å². The number of aryl methyl sites for hydroxylation is 1. The van der Waals surface area contributed by atoms with E-state index in [1.54, 1.807) is 12.1 Å². The van der Waals surface area contributed by atoms with E-state index in [0.29, 0.717) is 6.04 Å². The average Bonchev–Trinajstić information content (AvgIpc) is 2.34. The predicted molar refractivity (Wildman–Crippen MR) is 78.3 cm³/mol. The van der Waals surface area contributed by atoms with Gasteiger partial charge in [0, 0.05) is 12.6 Å². The molecule has 0 saturated heterocycles. The highest BCUT2D eigenvalue weighted by atomic mass is 19.3. The molecule has 1 aromatic rings. The van der Waals surface area contributed by atoms with Gasteiger partial charge >= 0.3 is 6.61 Å². The highest BCUT2D eigenvalue weighted by Gasteiger charge is 2.11. The lowest BCUT2D eigenvalue weighted by atomic mass is 9.96. The van der Waals surface area contributed by atoms with Gasteiger partial charge in [0.25, 0.3) is 0 Å². The number of alkyl halides is 2. The van der Waals surface area contributed by atoms with E-state index in [-0.39, 0.29) is 11.2 Å². The maximum absolute atomic E-state index is 12.0. The predicted octanol–water partition coefficient (Wildman–Crippen LogP) is 4.24. The zero-order chi connectivity index (χ0) is 15.2. The summed E-state index contributed by atoms with van der Waals surface area (Å²) in [5.74, 6) is 0.211. The number of nitrogens with one attached hydrogen (secondary N) is 1. The molecule has 0 aliphatic carbocycles. The monoisotopic (exact) mass is 285 g/mol. The fourth-order valence-electron chi connectivity index (χ4n) is 1.80. The van der Waals surface area contributed by atoms with E-state index in [1.165, 1.54) is 0 Å². The third-order valence-electron chi connectivity index (χ3n) is 3.00. The second kappa shape index (κ2) is 7.58. The van der Waals surface area contributed by atoms with Gasteiger partial charge in [0.05, 0.1) is 0 Å². The van der Waals surface area contributed by atoms with Gasteiger partial charge in [-0.05, 0) is 42.9 Å². The Hall–Kier alpha value is -1.16. The van der Waals surface area contributed by atoms with Gasteiger partial charge in [0.2, 0.25) is 0 Å². The van der Waals surface area contributed by atoms with E-state index in [1.807, 2.05) is 12.1 Å². The average molecular weight is 285 g/mol. The molecular formula is C16H25F2NO. The minimum absolute atomic E-state index is 0.211. The third kappa shape index (κ3) is 7.43. The summed E-state index contributed by atoms with van der Waals surface area (Å²) in [5, 5.41) is 3.51. The molecule has 1 atom stereocenters. The summed E-state index contributed by atoms with van der Waals surface area (Å²) >= 11 is 0. The lowest BCUT2D eigenvalue weighted by Crippen LogP contribution is -2.34. The third-order valence-corrected chi connectivity index (χ3v) is 3.00. The molecule has 0 fully saturated rings. The van der Waals surface area contributed by atoms with Crippen LogP contribution in [-0.2, 0) is 6.42 Å². The maximum Gasteiger partial charge on any atom is 0.387 e. The molecule has 0 amide bonds. The van der Waals surface area contributed by atoms with Crippen LogP contribution in [0.25, 0.3) is 0 Å². The molecule has 0 saturated carbocycles. The quantitative estimate of drug-likeness (QED) is 0.809. The van der Waals surface area contributed by atoms with Crippen molar-refractivity contribution in [2.24, 2.45) is 5.41 Å². The maximum atomic E-state index is 12.0. The Morgan fingerprint density at radius 2 is 1.75 bits per heavy atom. The van der Waals surface area contributed by atoms with E-state index in [4.69, 9.17) is 0 Å². The van der Waals surface area contributed by atoms with Gasteiger partial charge in [-0.3, -0.25) is 0 Å². The molecule has 0 aromatic heterocycles.